The molecule has 1 aromatic heterocycles. The van der Waals surface area contributed by atoms with Gasteiger partial charge in [-0.1, -0.05) is 11.6 Å². The average Bonchev–Trinajstić information content (AvgIpc) is 2.51. The predicted molar refractivity (Wildman–Crippen MR) is 63.5 cm³/mol. The first-order valence-corrected chi connectivity index (χ1v) is 5.58. The molecule has 2 aromatic rings. The summed E-state index contributed by atoms with van der Waals surface area (Å²) in [5.41, 5.74) is 1.59. The van der Waals surface area contributed by atoms with Crippen LogP contribution in [-0.2, 0) is 0 Å². The minimum Gasteiger partial charge on any atom is -0.496 e. The van der Waals surface area contributed by atoms with Gasteiger partial charge in [0.05, 0.1) is 12.7 Å². The lowest BCUT2D eigenvalue weighted by atomic mass is 10.1. The van der Waals surface area contributed by atoms with E-state index < -0.39 is 0 Å². The van der Waals surface area contributed by atoms with Crippen molar-refractivity contribution in [2.75, 3.05) is 7.11 Å². The van der Waals surface area contributed by atoms with Crippen molar-refractivity contribution in [1.29, 1.82) is 0 Å². The largest absolute Gasteiger partial charge is 0.496 e. The number of hydrogen-bond donors (Lipinski definition) is 0. The normalized spacial score (nSPS) is 10.6. The summed E-state index contributed by atoms with van der Waals surface area (Å²) in [6.07, 6.45) is 0.788. The summed E-state index contributed by atoms with van der Waals surface area (Å²) < 4.78 is 6.76. The number of ether oxygens (including phenoxy) is 1. The van der Waals surface area contributed by atoms with Crippen LogP contribution >= 0.6 is 22.9 Å². The van der Waals surface area contributed by atoms with Crippen LogP contribution in [0.4, 0.5) is 0 Å². The van der Waals surface area contributed by atoms with Crippen LogP contribution in [0.5, 0.6) is 5.75 Å². The minimum absolute atomic E-state index is 0.535. The summed E-state index contributed by atoms with van der Waals surface area (Å²) in [6, 6.07) is 3.84. The van der Waals surface area contributed by atoms with Gasteiger partial charge in [0.15, 0.2) is 6.29 Å². The second-order valence-corrected chi connectivity index (χ2v) is 4.88. The molecule has 0 radical (unpaired) electrons. The van der Waals surface area contributed by atoms with Gasteiger partial charge in [-0.2, -0.15) is 0 Å². The van der Waals surface area contributed by atoms with E-state index in [4.69, 9.17) is 16.3 Å². The topological polar surface area (TPSA) is 26.3 Å². The highest BCUT2D eigenvalue weighted by Crippen LogP contribution is 2.37. The summed E-state index contributed by atoms with van der Waals surface area (Å²) in [4.78, 5) is 10.9. The third kappa shape index (κ3) is 1.62. The van der Waals surface area contributed by atoms with E-state index in [2.05, 4.69) is 0 Å². The van der Waals surface area contributed by atoms with Gasteiger partial charge in [0, 0.05) is 10.1 Å². The van der Waals surface area contributed by atoms with Gasteiger partial charge in [-0.05, 0) is 24.6 Å². The summed E-state index contributed by atoms with van der Waals surface area (Å²) in [7, 11) is 1.61. The lowest BCUT2D eigenvalue weighted by Crippen LogP contribution is -1.87. The van der Waals surface area contributed by atoms with Crippen LogP contribution in [0.25, 0.3) is 10.1 Å². The number of thiophene rings is 1. The molecule has 0 aliphatic rings. The molecule has 0 saturated heterocycles. The molecule has 78 valence electrons. The Hall–Kier alpha value is -1.06. The molecular formula is C11H9ClO2S. The van der Waals surface area contributed by atoms with Crippen molar-refractivity contribution in [3.05, 3.63) is 27.6 Å². The first-order chi connectivity index (χ1) is 7.17. The van der Waals surface area contributed by atoms with Crippen LogP contribution in [-0.4, -0.2) is 13.4 Å². The molecule has 1 aromatic carbocycles. The molecule has 4 heteroatoms. The molecular weight excluding hydrogens is 232 g/mol. The number of methoxy groups -OCH3 is 1. The Bertz CT molecular complexity index is 531. The van der Waals surface area contributed by atoms with Crippen molar-refractivity contribution in [1.82, 2.24) is 0 Å². The smallest absolute Gasteiger partial charge is 0.153 e. The van der Waals surface area contributed by atoms with E-state index in [1.54, 1.807) is 7.11 Å². The molecule has 0 spiro atoms. The average molecular weight is 241 g/mol. The molecule has 0 amide bonds. The molecule has 2 nitrogen and oxygen atoms in total. The Balaban J connectivity index is 2.82. The summed E-state index contributed by atoms with van der Waals surface area (Å²) in [5.74, 6) is 0.778. The zero-order valence-corrected chi connectivity index (χ0v) is 9.91. The predicted octanol–water partition coefficient (Wildman–Crippen LogP) is 3.68. The second kappa shape index (κ2) is 3.83. The molecule has 0 N–H and O–H groups in total. The van der Waals surface area contributed by atoms with E-state index in [9.17, 15) is 4.79 Å². The van der Waals surface area contributed by atoms with E-state index in [-0.39, 0.29) is 0 Å². The first-order valence-electron chi connectivity index (χ1n) is 4.39. The summed E-state index contributed by atoms with van der Waals surface area (Å²) in [5, 5.41) is 0.863. The van der Waals surface area contributed by atoms with E-state index >= 15 is 0 Å². The molecule has 0 unspecified atom stereocenters. The van der Waals surface area contributed by atoms with Gasteiger partial charge >= 0.3 is 0 Å². The zero-order valence-electron chi connectivity index (χ0n) is 8.33. The third-order valence-corrected chi connectivity index (χ3v) is 3.71. The number of fused-ring (bicyclic) bond motifs is 1. The number of carbonyl (C=O) groups is 1. The quantitative estimate of drug-likeness (QED) is 0.749. The highest BCUT2D eigenvalue weighted by Gasteiger charge is 2.12. The van der Waals surface area contributed by atoms with Crippen LogP contribution in [0.3, 0.4) is 0 Å². The molecule has 0 atom stereocenters. The molecule has 2 rings (SSSR count). The minimum atomic E-state index is 0.535. The second-order valence-electron chi connectivity index (χ2n) is 3.23. The van der Waals surface area contributed by atoms with Crippen LogP contribution in [0.15, 0.2) is 12.1 Å². The van der Waals surface area contributed by atoms with Crippen molar-refractivity contribution in [2.45, 2.75) is 6.92 Å². The van der Waals surface area contributed by atoms with E-state index in [1.807, 2.05) is 19.1 Å². The lowest BCUT2D eigenvalue weighted by Gasteiger charge is -2.03. The lowest BCUT2D eigenvalue weighted by molar-refractivity contribution is 0.112. The van der Waals surface area contributed by atoms with Gasteiger partial charge in [0.25, 0.3) is 0 Å². The molecule has 0 fully saturated rings. The number of rotatable bonds is 2. The number of aldehydes is 1. The number of halogens is 1. The fourth-order valence-electron chi connectivity index (χ4n) is 1.54. The van der Waals surface area contributed by atoms with Crippen LogP contribution < -0.4 is 4.74 Å². The van der Waals surface area contributed by atoms with Gasteiger partial charge in [0.2, 0.25) is 0 Å². The fraction of sp³-hybridized carbons (Fsp3) is 0.182. The van der Waals surface area contributed by atoms with Gasteiger partial charge in [-0.25, -0.2) is 0 Å². The third-order valence-electron chi connectivity index (χ3n) is 2.32. The summed E-state index contributed by atoms with van der Waals surface area (Å²) >= 11 is 7.38. The number of carbonyl (C=O) groups excluding carboxylic acids is 1. The van der Waals surface area contributed by atoms with Crippen molar-refractivity contribution in [3.8, 4) is 5.75 Å². The first kappa shape index (κ1) is 10.5. The zero-order chi connectivity index (χ0) is 11.0. The van der Waals surface area contributed by atoms with E-state index in [0.717, 1.165) is 27.7 Å². The standard InChI is InChI=1S/C11H9ClO2S/c1-6-3-10-7(4-9(6)14-2)8(5-13)11(12)15-10/h3-5H,1-2H3. The van der Waals surface area contributed by atoms with Crippen molar-refractivity contribution in [3.63, 3.8) is 0 Å². The SMILES string of the molecule is COc1cc2c(C=O)c(Cl)sc2cc1C. The Labute approximate surface area is 96.4 Å². The fourth-order valence-corrected chi connectivity index (χ4v) is 2.91. The summed E-state index contributed by atoms with van der Waals surface area (Å²) in [6.45, 7) is 1.96. The van der Waals surface area contributed by atoms with Gasteiger partial charge in [0.1, 0.15) is 10.1 Å². The van der Waals surface area contributed by atoms with Gasteiger partial charge < -0.3 is 4.74 Å². The van der Waals surface area contributed by atoms with Gasteiger partial charge in [-0.15, -0.1) is 11.3 Å². The highest BCUT2D eigenvalue weighted by atomic mass is 35.5. The Morgan fingerprint density at radius 3 is 2.80 bits per heavy atom. The number of hydrogen-bond acceptors (Lipinski definition) is 3. The molecule has 15 heavy (non-hydrogen) atoms. The molecule has 0 bridgehead atoms. The number of aryl methyl sites for hydroxylation is 1. The molecule has 1 heterocycles. The maximum Gasteiger partial charge on any atom is 0.153 e. The van der Waals surface area contributed by atoms with Crippen LogP contribution in [0.1, 0.15) is 15.9 Å². The monoisotopic (exact) mass is 240 g/mol. The highest BCUT2D eigenvalue weighted by molar-refractivity contribution is 7.23. The molecule has 0 saturated carbocycles. The number of benzene rings is 1. The maximum absolute atomic E-state index is 10.9. The van der Waals surface area contributed by atoms with Crippen molar-refractivity contribution < 1.29 is 9.53 Å². The Morgan fingerprint density at radius 1 is 1.47 bits per heavy atom. The van der Waals surface area contributed by atoms with Crippen LogP contribution in [0, 0.1) is 6.92 Å². The Kier molecular flexibility index (Phi) is 2.67. The van der Waals surface area contributed by atoms with E-state index in [0.29, 0.717) is 9.90 Å². The van der Waals surface area contributed by atoms with Crippen molar-refractivity contribution >= 4 is 39.3 Å². The van der Waals surface area contributed by atoms with Gasteiger partial charge in [-0.3, -0.25) is 4.79 Å². The van der Waals surface area contributed by atoms with Crippen molar-refractivity contribution in [2.24, 2.45) is 0 Å². The molecule has 0 aliphatic carbocycles. The maximum atomic E-state index is 10.9. The molecule has 0 aliphatic heterocycles. The Morgan fingerprint density at radius 2 is 2.20 bits per heavy atom. The van der Waals surface area contributed by atoms with Crippen LogP contribution in [0.2, 0.25) is 4.34 Å². The van der Waals surface area contributed by atoms with E-state index in [1.165, 1.54) is 11.3 Å².